The first-order valence-corrected chi connectivity index (χ1v) is 5.78. The van der Waals surface area contributed by atoms with Crippen molar-refractivity contribution >= 4 is 5.78 Å². The maximum absolute atomic E-state index is 11.2. The molecule has 1 N–H and O–H groups in total. The molecule has 1 aliphatic heterocycles. The Morgan fingerprint density at radius 2 is 2.27 bits per heavy atom. The fourth-order valence-corrected chi connectivity index (χ4v) is 2.68. The van der Waals surface area contributed by atoms with Gasteiger partial charge in [0.1, 0.15) is 0 Å². The first kappa shape index (κ1) is 10.7. The van der Waals surface area contributed by atoms with Crippen molar-refractivity contribution in [2.75, 3.05) is 19.7 Å². The zero-order valence-corrected chi connectivity index (χ0v) is 9.28. The third kappa shape index (κ3) is 2.40. The van der Waals surface area contributed by atoms with Crippen LogP contribution >= 0.6 is 0 Å². The number of hydrogen-bond acceptors (Lipinski definition) is 3. The van der Waals surface area contributed by atoms with Gasteiger partial charge in [0, 0.05) is 37.9 Å². The van der Waals surface area contributed by atoms with Crippen LogP contribution in [0.25, 0.3) is 0 Å². The number of carbonyl (C=O) groups excluding carboxylic acids is 1. The van der Waals surface area contributed by atoms with Crippen LogP contribution in [-0.2, 0) is 4.79 Å². The van der Waals surface area contributed by atoms with E-state index in [1.165, 1.54) is 5.70 Å². The fourth-order valence-electron chi connectivity index (χ4n) is 2.68. The number of nitrogens with zero attached hydrogens (tertiary/aromatic N) is 1. The van der Waals surface area contributed by atoms with E-state index in [4.69, 9.17) is 0 Å². The summed E-state index contributed by atoms with van der Waals surface area (Å²) in [5, 5.41) is 9.21. The van der Waals surface area contributed by atoms with Crippen LogP contribution in [0.4, 0.5) is 0 Å². The summed E-state index contributed by atoms with van der Waals surface area (Å²) in [7, 11) is 0. The van der Waals surface area contributed by atoms with Gasteiger partial charge in [0.2, 0.25) is 0 Å². The number of carbonyl (C=O) groups is 1. The first-order valence-electron chi connectivity index (χ1n) is 5.78. The molecule has 1 aliphatic carbocycles. The Labute approximate surface area is 90.8 Å². The van der Waals surface area contributed by atoms with Crippen molar-refractivity contribution in [3.63, 3.8) is 0 Å². The molecule has 15 heavy (non-hydrogen) atoms. The van der Waals surface area contributed by atoms with E-state index >= 15 is 0 Å². The summed E-state index contributed by atoms with van der Waals surface area (Å²) < 4.78 is 0. The summed E-state index contributed by atoms with van der Waals surface area (Å²) in [5.74, 6) is 1.25. The summed E-state index contributed by atoms with van der Waals surface area (Å²) in [4.78, 5) is 13.5. The Kier molecular flexibility index (Phi) is 3.10. The van der Waals surface area contributed by atoms with Gasteiger partial charge in [-0.1, -0.05) is 6.92 Å². The predicted octanol–water partition coefficient (Wildman–Crippen LogP) is 1.18. The van der Waals surface area contributed by atoms with E-state index in [1.54, 1.807) is 6.08 Å². The highest BCUT2D eigenvalue weighted by Gasteiger charge is 2.27. The average Bonchev–Trinajstić information content (AvgIpc) is 2.64. The molecule has 0 bridgehead atoms. The summed E-state index contributed by atoms with van der Waals surface area (Å²) in [6.45, 7) is 4.43. The molecular weight excluding hydrogens is 190 g/mol. The van der Waals surface area contributed by atoms with Gasteiger partial charge in [0.25, 0.3) is 0 Å². The predicted molar refractivity (Wildman–Crippen MR) is 58.3 cm³/mol. The minimum absolute atomic E-state index is 0.253. The van der Waals surface area contributed by atoms with E-state index in [2.05, 4.69) is 11.8 Å². The lowest BCUT2D eigenvalue weighted by molar-refractivity contribution is -0.114. The molecular formula is C12H19NO2. The lowest BCUT2D eigenvalue weighted by Crippen LogP contribution is -2.39. The van der Waals surface area contributed by atoms with Gasteiger partial charge in [-0.2, -0.15) is 0 Å². The van der Waals surface area contributed by atoms with E-state index in [0.29, 0.717) is 18.3 Å². The third-order valence-corrected chi connectivity index (χ3v) is 3.37. The van der Waals surface area contributed by atoms with Gasteiger partial charge in [-0.25, -0.2) is 0 Å². The van der Waals surface area contributed by atoms with Crippen LogP contribution in [0.2, 0.25) is 0 Å². The fraction of sp³-hybridized carbons (Fsp3) is 0.750. The highest BCUT2D eigenvalue weighted by molar-refractivity contribution is 5.92. The average molecular weight is 209 g/mol. The van der Waals surface area contributed by atoms with E-state index in [1.807, 2.05) is 0 Å². The quantitative estimate of drug-likeness (QED) is 0.742. The molecule has 0 saturated carbocycles. The number of aliphatic hydroxyl groups excluding tert-OH is 1. The Morgan fingerprint density at radius 3 is 2.87 bits per heavy atom. The van der Waals surface area contributed by atoms with E-state index in [9.17, 15) is 9.90 Å². The Morgan fingerprint density at radius 1 is 1.47 bits per heavy atom. The Bertz CT molecular complexity index is 285. The number of aliphatic hydroxyl groups is 1. The molecule has 0 radical (unpaired) electrons. The maximum atomic E-state index is 11.2. The van der Waals surface area contributed by atoms with Gasteiger partial charge in [-0.3, -0.25) is 4.79 Å². The van der Waals surface area contributed by atoms with Crippen LogP contribution in [0.1, 0.15) is 26.2 Å². The van der Waals surface area contributed by atoms with Crippen LogP contribution in [0.3, 0.4) is 0 Å². The summed E-state index contributed by atoms with van der Waals surface area (Å²) >= 11 is 0. The third-order valence-electron chi connectivity index (χ3n) is 3.37. The number of ketones is 1. The molecule has 1 saturated heterocycles. The molecule has 0 aromatic heterocycles. The smallest absolute Gasteiger partial charge is 0.157 e. The summed E-state index contributed by atoms with van der Waals surface area (Å²) in [5.41, 5.74) is 1.19. The molecule has 2 atom stereocenters. The molecule has 1 heterocycles. The van der Waals surface area contributed by atoms with E-state index < -0.39 is 0 Å². The van der Waals surface area contributed by atoms with Crippen molar-refractivity contribution < 1.29 is 9.90 Å². The standard InChI is InChI=1S/C12H19NO2/c1-9-4-10(8-14)7-13(6-9)11-2-3-12(15)5-11/h5,9-10,14H,2-4,6-8H2,1H3. The number of piperidine rings is 1. The van der Waals surface area contributed by atoms with Crippen molar-refractivity contribution in [1.82, 2.24) is 4.90 Å². The number of allylic oxidation sites excluding steroid dienone is 2. The molecule has 1 fully saturated rings. The van der Waals surface area contributed by atoms with Crippen molar-refractivity contribution in [3.05, 3.63) is 11.8 Å². The second-order valence-electron chi connectivity index (χ2n) is 4.90. The minimum Gasteiger partial charge on any atom is -0.396 e. The monoisotopic (exact) mass is 209 g/mol. The van der Waals surface area contributed by atoms with Crippen molar-refractivity contribution in [2.24, 2.45) is 11.8 Å². The van der Waals surface area contributed by atoms with Gasteiger partial charge in [-0.15, -0.1) is 0 Å². The minimum atomic E-state index is 0.253. The second kappa shape index (κ2) is 4.35. The zero-order valence-electron chi connectivity index (χ0n) is 9.28. The molecule has 0 aromatic rings. The van der Waals surface area contributed by atoms with E-state index in [0.717, 1.165) is 25.9 Å². The second-order valence-corrected chi connectivity index (χ2v) is 4.90. The van der Waals surface area contributed by atoms with Gasteiger partial charge in [0.05, 0.1) is 0 Å². The van der Waals surface area contributed by atoms with Gasteiger partial charge in [-0.05, 0) is 24.7 Å². The number of hydrogen-bond donors (Lipinski definition) is 1. The first-order chi connectivity index (χ1) is 7.19. The van der Waals surface area contributed by atoms with Crippen molar-refractivity contribution in [2.45, 2.75) is 26.2 Å². The summed E-state index contributed by atoms with van der Waals surface area (Å²) in [6.07, 6.45) is 4.45. The van der Waals surface area contributed by atoms with Crippen LogP contribution < -0.4 is 0 Å². The molecule has 0 spiro atoms. The molecule has 84 valence electrons. The normalized spacial score (nSPS) is 32.0. The number of likely N-dealkylation sites (tertiary alicyclic amines) is 1. The van der Waals surface area contributed by atoms with Crippen LogP contribution in [-0.4, -0.2) is 35.5 Å². The van der Waals surface area contributed by atoms with Gasteiger partial charge in [0.15, 0.2) is 5.78 Å². The number of rotatable bonds is 2. The van der Waals surface area contributed by atoms with Crippen LogP contribution in [0.5, 0.6) is 0 Å². The van der Waals surface area contributed by atoms with Crippen LogP contribution in [0.15, 0.2) is 11.8 Å². The lowest BCUT2D eigenvalue weighted by Gasteiger charge is -2.38. The largest absolute Gasteiger partial charge is 0.396 e. The van der Waals surface area contributed by atoms with Crippen molar-refractivity contribution in [1.29, 1.82) is 0 Å². The molecule has 2 rings (SSSR count). The zero-order chi connectivity index (χ0) is 10.8. The van der Waals surface area contributed by atoms with Crippen LogP contribution in [0, 0.1) is 11.8 Å². The molecule has 3 heteroatoms. The van der Waals surface area contributed by atoms with E-state index in [-0.39, 0.29) is 12.4 Å². The molecule has 0 amide bonds. The van der Waals surface area contributed by atoms with Gasteiger partial charge < -0.3 is 10.0 Å². The van der Waals surface area contributed by atoms with Crippen molar-refractivity contribution in [3.8, 4) is 0 Å². The Balaban J connectivity index is 2.02. The summed E-state index contributed by atoms with van der Waals surface area (Å²) in [6, 6.07) is 0. The lowest BCUT2D eigenvalue weighted by atomic mass is 9.90. The highest BCUT2D eigenvalue weighted by atomic mass is 16.3. The van der Waals surface area contributed by atoms with Gasteiger partial charge >= 0.3 is 0 Å². The SMILES string of the molecule is CC1CC(CO)CN(C2=CC(=O)CC2)C1. The molecule has 2 unspecified atom stereocenters. The molecule has 3 nitrogen and oxygen atoms in total. The maximum Gasteiger partial charge on any atom is 0.157 e. The highest BCUT2D eigenvalue weighted by Crippen LogP contribution is 2.28. The Hall–Kier alpha value is -0.830. The topological polar surface area (TPSA) is 40.5 Å². The molecule has 0 aromatic carbocycles. The molecule has 2 aliphatic rings.